The first-order valence-corrected chi connectivity index (χ1v) is 8.06. The molecule has 120 valence electrons. The molecule has 2 N–H and O–H groups in total. The average molecular weight is 384 g/mol. The third-order valence-corrected chi connectivity index (χ3v) is 4.39. The summed E-state index contributed by atoms with van der Waals surface area (Å²) in [5, 5.41) is 6.08. The lowest BCUT2D eigenvalue weighted by Gasteiger charge is -2.09. The second-order valence-corrected chi connectivity index (χ2v) is 6.11. The number of nitrogens with zero attached hydrogens (tertiary/aromatic N) is 1. The highest BCUT2D eigenvalue weighted by Crippen LogP contribution is 2.21. The molecule has 1 aromatic heterocycles. The van der Waals surface area contributed by atoms with Crippen LogP contribution in [0.2, 0.25) is 0 Å². The summed E-state index contributed by atoms with van der Waals surface area (Å²) in [4.78, 5) is 28.5. The van der Waals surface area contributed by atoms with Crippen LogP contribution in [-0.4, -0.2) is 16.8 Å². The lowest BCUT2D eigenvalue weighted by Crippen LogP contribution is -2.29. The molecule has 0 spiro atoms. The molecule has 5 nitrogen and oxygen atoms in total. The van der Waals surface area contributed by atoms with Crippen LogP contribution in [0.1, 0.15) is 5.56 Å². The Morgan fingerprint density at radius 2 is 1.75 bits per heavy atom. The van der Waals surface area contributed by atoms with Crippen LogP contribution in [0.3, 0.4) is 0 Å². The summed E-state index contributed by atoms with van der Waals surface area (Å²) in [6, 6.07) is 14.4. The first-order chi connectivity index (χ1) is 11.5. The molecule has 3 rings (SSSR count). The Morgan fingerprint density at radius 1 is 1.00 bits per heavy atom. The Labute approximate surface area is 147 Å². The fourth-order valence-corrected chi connectivity index (χ4v) is 2.54. The number of pyridine rings is 1. The van der Waals surface area contributed by atoms with Crippen molar-refractivity contribution in [1.82, 2.24) is 4.98 Å². The number of hydrogen-bond acceptors (Lipinski definition) is 3. The van der Waals surface area contributed by atoms with Crippen LogP contribution < -0.4 is 10.6 Å². The number of benzene rings is 2. The molecule has 0 unspecified atom stereocenters. The second-order valence-electron chi connectivity index (χ2n) is 5.25. The molecular formula is C18H14BrN3O2. The first kappa shape index (κ1) is 16.1. The molecule has 0 radical (unpaired) electrons. The van der Waals surface area contributed by atoms with Crippen LogP contribution in [0, 0.1) is 6.92 Å². The van der Waals surface area contributed by atoms with E-state index in [-0.39, 0.29) is 0 Å². The van der Waals surface area contributed by atoms with Crippen molar-refractivity contribution in [3.05, 3.63) is 64.8 Å². The van der Waals surface area contributed by atoms with Gasteiger partial charge in [0, 0.05) is 21.7 Å². The summed E-state index contributed by atoms with van der Waals surface area (Å²) in [5.74, 6) is -1.47. The van der Waals surface area contributed by atoms with Crippen LogP contribution in [0.4, 0.5) is 11.4 Å². The number of anilines is 2. The maximum absolute atomic E-state index is 12.2. The van der Waals surface area contributed by atoms with E-state index in [1.165, 1.54) is 0 Å². The highest BCUT2D eigenvalue weighted by atomic mass is 79.9. The van der Waals surface area contributed by atoms with Crippen LogP contribution in [-0.2, 0) is 9.59 Å². The molecule has 0 fully saturated rings. The largest absolute Gasteiger partial charge is 0.318 e. The van der Waals surface area contributed by atoms with Crippen molar-refractivity contribution in [3.8, 4) is 0 Å². The molecule has 24 heavy (non-hydrogen) atoms. The van der Waals surface area contributed by atoms with Gasteiger partial charge in [0.05, 0.1) is 11.2 Å². The van der Waals surface area contributed by atoms with Gasteiger partial charge in [0.25, 0.3) is 0 Å². The zero-order chi connectivity index (χ0) is 17.1. The van der Waals surface area contributed by atoms with Gasteiger partial charge in [0.2, 0.25) is 0 Å². The van der Waals surface area contributed by atoms with Gasteiger partial charge < -0.3 is 10.6 Å². The maximum atomic E-state index is 12.2. The minimum atomic E-state index is -0.742. The van der Waals surface area contributed by atoms with Gasteiger partial charge in [0.1, 0.15) is 0 Å². The van der Waals surface area contributed by atoms with Crippen molar-refractivity contribution in [3.63, 3.8) is 0 Å². The number of aromatic nitrogens is 1. The van der Waals surface area contributed by atoms with E-state index in [0.717, 1.165) is 15.4 Å². The van der Waals surface area contributed by atoms with Crippen LogP contribution in [0.15, 0.2) is 59.2 Å². The number of nitrogens with one attached hydrogen (secondary N) is 2. The van der Waals surface area contributed by atoms with Crippen molar-refractivity contribution in [2.75, 3.05) is 10.6 Å². The Hall–Kier alpha value is -2.73. The van der Waals surface area contributed by atoms with Crippen molar-refractivity contribution in [2.45, 2.75) is 6.92 Å². The summed E-state index contributed by atoms with van der Waals surface area (Å²) in [7, 11) is 0. The van der Waals surface area contributed by atoms with E-state index in [1.54, 1.807) is 30.5 Å². The van der Waals surface area contributed by atoms with Crippen LogP contribution >= 0.6 is 15.9 Å². The third kappa shape index (κ3) is 3.44. The molecule has 2 aromatic carbocycles. The minimum Gasteiger partial charge on any atom is -0.318 e. The standard InChI is InChI=1S/C18H14BrN3O2/c1-11-10-13(7-8-14(11)19)21-17(23)18(24)22-15-6-2-4-12-5-3-9-20-16(12)15/h2-10H,1H3,(H,21,23)(H,22,24). The molecule has 6 heteroatoms. The molecule has 0 aliphatic carbocycles. The van der Waals surface area contributed by atoms with Crippen molar-refractivity contribution in [1.29, 1.82) is 0 Å². The Balaban J connectivity index is 1.76. The number of para-hydroxylation sites is 1. The Morgan fingerprint density at radius 3 is 2.54 bits per heavy atom. The Bertz CT molecular complexity index is 935. The molecule has 2 amide bonds. The number of aryl methyl sites for hydroxylation is 1. The van der Waals surface area contributed by atoms with Gasteiger partial charge in [-0.3, -0.25) is 14.6 Å². The zero-order valence-corrected chi connectivity index (χ0v) is 14.4. The predicted octanol–water partition coefficient (Wildman–Crippen LogP) is 3.88. The lowest BCUT2D eigenvalue weighted by molar-refractivity contribution is -0.132. The number of carbonyl (C=O) groups excluding carboxylic acids is 2. The summed E-state index contributed by atoms with van der Waals surface area (Å²) >= 11 is 3.39. The van der Waals surface area contributed by atoms with Gasteiger partial charge in [-0.2, -0.15) is 0 Å². The van der Waals surface area contributed by atoms with Gasteiger partial charge in [-0.05, 0) is 42.8 Å². The summed E-state index contributed by atoms with van der Waals surface area (Å²) in [6.45, 7) is 1.90. The number of amides is 2. The van der Waals surface area contributed by atoms with E-state index in [0.29, 0.717) is 16.9 Å². The zero-order valence-electron chi connectivity index (χ0n) is 12.8. The van der Waals surface area contributed by atoms with E-state index in [1.807, 2.05) is 31.2 Å². The summed E-state index contributed by atoms with van der Waals surface area (Å²) in [6.07, 6.45) is 1.64. The molecule has 0 saturated heterocycles. The van der Waals surface area contributed by atoms with E-state index in [2.05, 4.69) is 31.5 Å². The molecular weight excluding hydrogens is 370 g/mol. The topological polar surface area (TPSA) is 71.1 Å². The van der Waals surface area contributed by atoms with Crippen LogP contribution in [0.5, 0.6) is 0 Å². The molecule has 1 heterocycles. The number of rotatable bonds is 2. The number of fused-ring (bicyclic) bond motifs is 1. The van der Waals surface area contributed by atoms with Gasteiger partial charge in [-0.15, -0.1) is 0 Å². The Kier molecular flexibility index (Phi) is 4.57. The fourth-order valence-electron chi connectivity index (χ4n) is 2.29. The molecule has 3 aromatic rings. The van der Waals surface area contributed by atoms with Crippen molar-refractivity contribution >= 4 is 50.0 Å². The minimum absolute atomic E-state index is 0.500. The monoisotopic (exact) mass is 383 g/mol. The fraction of sp³-hybridized carbons (Fsp3) is 0.0556. The average Bonchev–Trinajstić information content (AvgIpc) is 2.58. The number of halogens is 1. The van der Waals surface area contributed by atoms with Gasteiger partial charge in [0.15, 0.2) is 0 Å². The molecule has 0 atom stereocenters. The van der Waals surface area contributed by atoms with E-state index in [4.69, 9.17) is 0 Å². The third-order valence-electron chi connectivity index (χ3n) is 3.50. The highest BCUT2D eigenvalue weighted by molar-refractivity contribution is 9.10. The molecule has 0 saturated carbocycles. The maximum Gasteiger partial charge on any atom is 0.314 e. The summed E-state index contributed by atoms with van der Waals surface area (Å²) in [5.41, 5.74) is 2.67. The lowest BCUT2D eigenvalue weighted by atomic mass is 10.2. The van der Waals surface area contributed by atoms with Crippen molar-refractivity contribution in [2.24, 2.45) is 0 Å². The number of hydrogen-bond donors (Lipinski definition) is 2. The van der Waals surface area contributed by atoms with E-state index >= 15 is 0 Å². The van der Waals surface area contributed by atoms with Gasteiger partial charge >= 0.3 is 11.8 Å². The normalized spacial score (nSPS) is 10.4. The second kappa shape index (κ2) is 6.80. The molecule has 0 bridgehead atoms. The van der Waals surface area contributed by atoms with Gasteiger partial charge in [-0.25, -0.2) is 0 Å². The van der Waals surface area contributed by atoms with E-state index < -0.39 is 11.8 Å². The first-order valence-electron chi connectivity index (χ1n) is 7.27. The van der Waals surface area contributed by atoms with Crippen molar-refractivity contribution < 1.29 is 9.59 Å². The summed E-state index contributed by atoms with van der Waals surface area (Å²) < 4.78 is 0.937. The van der Waals surface area contributed by atoms with Gasteiger partial charge in [-0.1, -0.05) is 34.1 Å². The SMILES string of the molecule is Cc1cc(NC(=O)C(=O)Nc2cccc3cccnc23)ccc1Br. The number of carbonyl (C=O) groups is 2. The molecule has 0 aliphatic rings. The van der Waals surface area contributed by atoms with Crippen LogP contribution in [0.25, 0.3) is 10.9 Å². The van der Waals surface area contributed by atoms with E-state index in [9.17, 15) is 9.59 Å². The highest BCUT2D eigenvalue weighted by Gasteiger charge is 2.15. The smallest absolute Gasteiger partial charge is 0.314 e. The quantitative estimate of drug-likeness (QED) is 0.659. The predicted molar refractivity (Wildman–Crippen MR) is 97.9 cm³/mol. The molecule has 0 aliphatic heterocycles.